The summed E-state index contributed by atoms with van der Waals surface area (Å²) in [6, 6.07) is 5.14. The van der Waals surface area contributed by atoms with Crippen molar-refractivity contribution in [2.75, 3.05) is 31.1 Å². The van der Waals surface area contributed by atoms with Crippen LogP contribution in [-0.2, 0) is 12.7 Å². The lowest BCUT2D eigenvalue weighted by Gasteiger charge is -2.36. The summed E-state index contributed by atoms with van der Waals surface area (Å²) in [7, 11) is 0. The minimum atomic E-state index is -4.42. The summed E-state index contributed by atoms with van der Waals surface area (Å²) in [5, 5.41) is 0. The van der Waals surface area contributed by atoms with Crippen LogP contribution in [0.2, 0.25) is 0 Å². The van der Waals surface area contributed by atoms with Gasteiger partial charge in [-0.25, -0.2) is 9.97 Å². The first kappa shape index (κ1) is 18.2. The van der Waals surface area contributed by atoms with Crippen molar-refractivity contribution in [1.29, 1.82) is 0 Å². The first-order valence-electron chi connectivity index (χ1n) is 9.31. The Hall–Kier alpha value is -2.22. The van der Waals surface area contributed by atoms with E-state index in [4.69, 9.17) is 0 Å². The molecule has 2 fully saturated rings. The fourth-order valence-corrected chi connectivity index (χ4v) is 3.66. The zero-order chi connectivity index (χ0) is 18.9. The second kappa shape index (κ2) is 7.42. The van der Waals surface area contributed by atoms with Crippen LogP contribution in [-0.4, -0.2) is 46.0 Å². The van der Waals surface area contributed by atoms with Gasteiger partial charge in [-0.05, 0) is 24.5 Å². The van der Waals surface area contributed by atoms with Crippen LogP contribution in [0, 0.1) is 0 Å². The molecule has 2 aromatic rings. The molecule has 0 radical (unpaired) electrons. The molecule has 1 saturated carbocycles. The van der Waals surface area contributed by atoms with E-state index >= 15 is 0 Å². The van der Waals surface area contributed by atoms with E-state index in [1.807, 2.05) is 4.90 Å². The first-order valence-corrected chi connectivity index (χ1v) is 9.31. The average Bonchev–Trinajstić information content (AvgIpc) is 2.61. The molecular formula is C19H22F3N5. The summed E-state index contributed by atoms with van der Waals surface area (Å²) >= 11 is 0. The molecule has 2 aromatic heterocycles. The Balaban J connectivity index is 1.39. The SMILES string of the molecule is FC(F)(F)c1ncccc1CN1CCN(c2cc(C3CCC3)ncn2)CC1. The monoisotopic (exact) mass is 377 g/mol. The van der Waals surface area contributed by atoms with E-state index in [2.05, 4.69) is 25.9 Å². The Bertz CT molecular complexity index is 783. The molecule has 0 N–H and O–H groups in total. The maximum atomic E-state index is 13.1. The number of piperazine rings is 1. The molecular weight excluding hydrogens is 355 g/mol. The summed E-state index contributed by atoms with van der Waals surface area (Å²) in [4.78, 5) is 16.6. The van der Waals surface area contributed by atoms with Gasteiger partial charge in [0.2, 0.25) is 0 Å². The standard InChI is InChI=1S/C19H22F3N5/c20-19(21,22)18-15(5-2-6-23-18)12-26-7-9-27(10-8-26)17-11-16(24-13-25-17)14-3-1-4-14/h2,5-6,11,13-14H,1,3-4,7-10,12H2. The van der Waals surface area contributed by atoms with Gasteiger partial charge in [0.15, 0.2) is 0 Å². The number of anilines is 1. The average molecular weight is 377 g/mol. The van der Waals surface area contributed by atoms with Crippen LogP contribution in [0.1, 0.15) is 42.1 Å². The van der Waals surface area contributed by atoms with Gasteiger partial charge >= 0.3 is 6.18 Å². The molecule has 1 saturated heterocycles. The molecule has 0 aromatic carbocycles. The molecule has 0 unspecified atom stereocenters. The molecule has 3 heterocycles. The highest BCUT2D eigenvalue weighted by atomic mass is 19.4. The molecule has 0 amide bonds. The molecule has 144 valence electrons. The molecule has 2 aliphatic rings. The van der Waals surface area contributed by atoms with Gasteiger partial charge in [0, 0.05) is 56.6 Å². The van der Waals surface area contributed by atoms with Gasteiger partial charge < -0.3 is 4.90 Å². The van der Waals surface area contributed by atoms with Crippen molar-refractivity contribution in [3.05, 3.63) is 47.7 Å². The van der Waals surface area contributed by atoms with Crippen LogP contribution in [0.3, 0.4) is 0 Å². The maximum absolute atomic E-state index is 13.1. The highest BCUT2D eigenvalue weighted by Gasteiger charge is 2.35. The molecule has 0 atom stereocenters. The topological polar surface area (TPSA) is 45.2 Å². The molecule has 27 heavy (non-hydrogen) atoms. The molecule has 4 rings (SSSR count). The van der Waals surface area contributed by atoms with Crippen molar-refractivity contribution < 1.29 is 13.2 Å². The van der Waals surface area contributed by atoms with E-state index in [-0.39, 0.29) is 12.1 Å². The Morgan fingerprint density at radius 1 is 1.04 bits per heavy atom. The number of alkyl halides is 3. The van der Waals surface area contributed by atoms with E-state index in [9.17, 15) is 13.2 Å². The Labute approximate surface area is 156 Å². The number of hydrogen-bond acceptors (Lipinski definition) is 5. The van der Waals surface area contributed by atoms with E-state index in [0.717, 1.165) is 24.6 Å². The van der Waals surface area contributed by atoms with Gasteiger partial charge in [-0.2, -0.15) is 13.2 Å². The lowest BCUT2D eigenvalue weighted by Crippen LogP contribution is -2.46. The number of rotatable bonds is 4. The smallest absolute Gasteiger partial charge is 0.354 e. The van der Waals surface area contributed by atoms with E-state index in [1.165, 1.54) is 31.5 Å². The third-order valence-corrected chi connectivity index (χ3v) is 5.45. The van der Waals surface area contributed by atoms with Crippen LogP contribution >= 0.6 is 0 Å². The van der Waals surface area contributed by atoms with E-state index in [0.29, 0.717) is 19.0 Å². The minimum Gasteiger partial charge on any atom is -0.354 e. The van der Waals surface area contributed by atoms with E-state index in [1.54, 1.807) is 12.4 Å². The van der Waals surface area contributed by atoms with Crippen molar-refractivity contribution in [2.24, 2.45) is 0 Å². The zero-order valence-electron chi connectivity index (χ0n) is 15.0. The van der Waals surface area contributed by atoms with Crippen LogP contribution in [0.5, 0.6) is 0 Å². The van der Waals surface area contributed by atoms with Gasteiger partial charge in [0.05, 0.1) is 0 Å². The van der Waals surface area contributed by atoms with Crippen molar-refractivity contribution >= 4 is 5.82 Å². The Morgan fingerprint density at radius 2 is 1.81 bits per heavy atom. The highest BCUT2D eigenvalue weighted by Crippen LogP contribution is 2.36. The third-order valence-electron chi connectivity index (χ3n) is 5.45. The summed E-state index contributed by atoms with van der Waals surface area (Å²) < 4.78 is 39.4. The summed E-state index contributed by atoms with van der Waals surface area (Å²) in [6.45, 7) is 3.11. The summed E-state index contributed by atoms with van der Waals surface area (Å²) in [6.07, 6.45) is 2.04. The van der Waals surface area contributed by atoms with Gasteiger partial charge in [0.1, 0.15) is 17.8 Å². The Morgan fingerprint density at radius 3 is 2.48 bits per heavy atom. The predicted octanol–water partition coefficient (Wildman–Crippen LogP) is 3.48. The molecule has 5 nitrogen and oxygen atoms in total. The van der Waals surface area contributed by atoms with Crippen LogP contribution in [0.15, 0.2) is 30.7 Å². The lowest BCUT2D eigenvalue weighted by molar-refractivity contribution is -0.142. The predicted molar refractivity (Wildman–Crippen MR) is 95.4 cm³/mol. The third kappa shape index (κ3) is 4.05. The van der Waals surface area contributed by atoms with Gasteiger partial charge in [-0.15, -0.1) is 0 Å². The first-order chi connectivity index (χ1) is 13.0. The van der Waals surface area contributed by atoms with Crippen molar-refractivity contribution in [1.82, 2.24) is 19.9 Å². The van der Waals surface area contributed by atoms with Gasteiger partial charge in [-0.3, -0.25) is 9.88 Å². The highest BCUT2D eigenvalue weighted by molar-refractivity contribution is 5.40. The summed E-state index contributed by atoms with van der Waals surface area (Å²) in [5.41, 5.74) is 0.556. The number of pyridine rings is 1. The van der Waals surface area contributed by atoms with Gasteiger partial charge in [-0.1, -0.05) is 12.5 Å². The number of nitrogens with zero attached hydrogens (tertiary/aromatic N) is 5. The minimum absolute atomic E-state index is 0.229. The fourth-order valence-electron chi connectivity index (χ4n) is 3.66. The molecule has 0 spiro atoms. The normalized spacial score (nSPS) is 19.1. The second-order valence-corrected chi connectivity index (χ2v) is 7.20. The maximum Gasteiger partial charge on any atom is 0.433 e. The molecule has 8 heteroatoms. The van der Waals surface area contributed by atoms with Crippen LogP contribution in [0.4, 0.5) is 19.0 Å². The van der Waals surface area contributed by atoms with E-state index < -0.39 is 11.9 Å². The fraction of sp³-hybridized carbons (Fsp3) is 0.526. The van der Waals surface area contributed by atoms with Crippen LogP contribution < -0.4 is 4.90 Å². The largest absolute Gasteiger partial charge is 0.433 e. The lowest BCUT2D eigenvalue weighted by atomic mass is 9.83. The van der Waals surface area contributed by atoms with Crippen molar-refractivity contribution in [3.63, 3.8) is 0 Å². The van der Waals surface area contributed by atoms with Gasteiger partial charge in [0.25, 0.3) is 0 Å². The quantitative estimate of drug-likeness (QED) is 0.816. The van der Waals surface area contributed by atoms with Crippen LogP contribution in [0.25, 0.3) is 0 Å². The molecule has 1 aliphatic heterocycles. The molecule has 0 bridgehead atoms. The Kier molecular flexibility index (Phi) is 4.99. The second-order valence-electron chi connectivity index (χ2n) is 7.20. The van der Waals surface area contributed by atoms with Crippen molar-refractivity contribution in [3.8, 4) is 0 Å². The number of halogens is 3. The zero-order valence-corrected chi connectivity index (χ0v) is 15.0. The summed E-state index contributed by atoms with van der Waals surface area (Å²) in [5.74, 6) is 1.48. The van der Waals surface area contributed by atoms with Crippen molar-refractivity contribution in [2.45, 2.75) is 37.9 Å². The number of hydrogen-bond donors (Lipinski definition) is 0. The number of aromatic nitrogens is 3. The molecule has 1 aliphatic carbocycles.